The van der Waals surface area contributed by atoms with Crippen molar-refractivity contribution in [1.29, 1.82) is 0 Å². The molecule has 0 aliphatic heterocycles. The molecule has 0 amide bonds. The molecule has 0 bridgehead atoms. The third kappa shape index (κ3) is 6.38. The molecule has 7 heteroatoms. The van der Waals surface area contributed by atoms with Gasteiger partial charge in [0.05, 0.1) is 7.11 Å². The molecule has 0 heterocycles. The standard InChI is InChI=1S/C8H8O.C7H8NO4S/c1-7(9)8-5-3-2-4-6-8;1-11-6-2-4-7(5-3-6)12-13(10)8-9/h2-6H,1H3;2-5,9H,1H3/q;-1. The summed E-state index contributed by atoms with van der Waals surface area (Å²) in [6.07, 6.45) is 0. The van der Waals surface area contributed by atoms with Gasteiger partial charge < -0.3 is 13.1 Å². The lowest BCUT2D eigenvalue weighted by Gasteiger charge is -2.07. The van der Waals surface area contributed by atoms with E-state index in [4.69, 9.17) is 9.94 Å². The minimum Gasteiger partial charge on any atom is -0.545 e. The van der Waals surface area contributed by atoms with E-state index < -0.39 is 10.9 Å². The van der Waals surface area contributed by atoms with Crippen LogP contribution in [0.1, 0.15) is 17.3 Å². The number of ether oxygens (including phenoxy) is 1. The Balaban J connectivity index is 0.000000235. The lowest BCUT2D eigenvalue weighted by atomic mass is 10.2. The largest absolute Gasteiger partial charge is 0.545 e. The van der Waals surface area contributed by atoms with E-state index in [0.717, 1.165) is 5.56 Å². The summed E-state index contributed by atoms with van der Waals surface area (Å²) in [7, 11) is -0.508. The maximum absolute atomic E-state index is 10.6. The minimum absolute atomic E-state index is 0.121. The lowest BCUT2D eigenvalue weighted by Crippen LogP contribution is -1.89. The maximum atomic E-state index is 10.6. The second-order valence-electron chi connectivity index (χ2n) is 3.98. The molecule has 118 valence electrons. The van der Waals surface area contributed by atoms with Crippen LogP contribution in [0.25, 0.3) is 0 Å². The lowest BCUT2D eigenvalue weighted by molar-refractivity contribution is 0.101. The summed E-state index contributed by atoms with van der Waals surface area (Å²) in [4.78, 5) is 10.6. The van der Waals surface area contributed by atoms with E-state index >= 15 is 0 Å². The number of Topliss-reactive ketones (excluding diaryl/α,β-unsaturated/α-hetero) is 1. The molecule has 0 fully saturated rings. The van der Waals surface area contributed by atoms with Gasteiger partial charge in [-0.2, -0.15) is 0 Å². The predicted octanol–water partition coefficient (Wildman–Crippen LogP) is 3.41. The van der Waals surface area contributed by atoms with E-state index in [1.165, 1.54) is 7.11 Å². The number of nitrogens with zero attached hydrogens (tertiary/aromatic N) is 1. The SMILES string of the molecule is CC(=O)c1ccccc1.COc1ccc(O[S-](=O)=NO)cc1. The van der Waals surface area contributed by atoms with Gasteiger partial charge in [0.25, 0.3) is 0 Å². The van der Waals surface area contributed by atoms with Crippen LogP contribution < -0.4 is 8.92 Å². The number of methoxy groups -OCH3 is 1. The van der Waals surface area contributed by atoms with Gasteiger partial charge in [-0.25, -0.2) is 4.53 Å². The van der Waals surface area contributed by atoms with E-state index in [-0.39, 0.29) is 5.78 Å². The highest BCUT2D eigenvalue weighted by molar-refractivity contribution is 7.69. The van der Waals surface area contributed by atoms with Crippen molar-refractivity contribution in [2.75, 3.05) is 7.11 Å². The molecule has 2 aromatic carbocycles. The Morgan fingerprint density at radius 2 is 1.59 bits per heavy atom. The first kappa shape index (κ1) is 17.7. The van der Waals surface area contributed by atoms with Gasteiger partial charge in [-0.3, -0.25) is 10.0 Å². The zero-order valence-electron chi connectivity index (χ0n) is 12.1. The van der Waals surface area contributed by atoms with Crippen molar-refractivity contribution in [2.24, 2.45) is 4.53 Å². The fraction of sp³-hybridized carbons (Fsp3) is 0.133. The molecular formula is C15H16NO5S-. The van der Waals surface area contributed by atoms with Crippen LogP contribution in [0.4, 0.5) is 0 Å². The van der Waals surface area contributed by atoms with Gasteiger partial charge in [0, 0.05) is 16.4 Å². The molecule has 2 aromatic rings. The third-order valence-corrected chi connectivity index (χ3v) is 2.94. The van der Waals surface area contributed by atoms with E-state index in [9.17, 15) is 9.00 Å². The van der Waals surface area contributed by atoms with Crippen molar-refractivity contribution in [3.63, 3.8) is 0 Å². The van der Waals surface area contributed by atoms with Crippen LogP contribution in [0.2, 0.25) is 0 Å². The average molecular weight is 322 g/mol. The molecule has 0 aliphatic rings. The number of hydrogen-bond donors (Lipinski definition) is 1. The molecule has 0 atom stereocenters. The Morgan fingerprint density at radius 3 is 2.00 bits per heavy atom. The number of hydrogen-bond acceptors (Lipinski definition) is 6. The average Bonchev–Trinajstić information content (AvgIpc) is 2.57. The van der Waals surface area contributed by atoms with Crippen LogP contribution in [0.3, 0.4) is 0 Å². The first-order valence-corrected chi connectivity index (χ1v) is 7.25. The van der Waals surface area contributed by atoms with Gasteiger partial charge in [0.1, 0.15) is 11.5 Å². The topological polar surface area (TPSA) is 85.2 Å². The summed E-state index contributed by atoms with van der Waals surface area (Å²) in [5.41, 5.74) is 0.775. The monoisotopic (exact) mass is 322 g/mol. The van der Waals surface area contributed by atoms with Gasteiger partial charge in [0.2, 0.25) is 0 Å². The Hall–Kier alpha value is -2.38. The molecule has 1 N–H and O–H groups in total. The van der Waals surface area contributed by atoms with Crippen molar-refractivity contribution in [2.45, 2.75) is 6.92 Å². The van der Waals surface area contributed by atoms with Crippen LogP contribution in [0.5, 0.6) is 11.5 Å². The molecular weight excluding hydrogens is 306 g/mol. The normalized spacial score (nSPS) is 11.0. The highest BCUT2D eigenvalue weighted by atomic mass is 32.2. The molecule has 2 rings (SSSR count). The first-order valence-electron chi connectivity index (χ1n) is 6.22. The Morgan fingerprint density at radius 1 is 1.05 bits per heavy atom. The number of ketones is 1. The highest BCUT2D eigenvalue weighted by Gasteiger charge is 1.93. The van der Waals surface area contributed by atoms with Crippen LogP contribution in [0.15, 0.2) is 59.1 Å². The van der Waals surface area contributed by atoms with E-state index in [0.29, 0.717) is 11.5 Å². The predicted molar refractivity (Wildman–Crippen MR) is 82.3 cm³/mol. The second kappa shape index (κ2) is 9.54. The summed E-state index contributed by atoms with van der Waals surface area (Å²) in [5, 5.41) is 8.07. The van der Waals surface area contributed by atoms with Crippen LogP contribution in [-0.4, -0.2) is 18.1 Å². The molecule has 22 heavy (non-hydrogen) atoms. The fourth-order valence-electron chi connectivity index (χ4n) is 1.40. The highest BCUT2D eigenvalue weighted by Crippen LogP contribution is 2.16. The summed E-state index contributed by atoms with van der Waals surface area (Å²) >= 11 is 0. The Kier molecular flexibility index (Phi) is 7.66. The molecule has 0 aromatic heterocycles. The molecule has 6 nitrogen and oxygen atoms in total. The Labute approximate surface area is 130 Å². The first-order chi connectivity index (χ1) is 10.6. The summed E-state index contributed by atoms with van der Waals surface area (Å²) in [6, 6.07) is 15.6. The fourth-order valence-corrected chi connectivity index (χ4v) is 1.71. The number of carbonyl (C=O) groups is 1. The summed E-state index contributed by atoms with van der Waals surface area (Å²) in [5.74, 6) is 1.13. The van der Waals surface area contributed by atoms with Gasteiger partial charge >= 0.3 is 0 Å². The van der Waals surface area contributed by atoms with Crippen LogP contribution in [-0.2, 0) is 15.1 Å². The molecule has 0 spiro atoms. The number of carbonyl (C=O) groups excluding carboxylic acids is 1. The molecule has 0 saturated carbocycles. The molecule has 0 saturated heterocycles. The van der Waals surface area contributed by atoms with E-state index in [1.807, 2.05) is 30.3 Å². The van der Waals surface area contributed by atoms with Gasteiger partial charge in [-0.05, 0) is 31.2 Å². The quantitative estimate of drug-likeness (QED) is 0.529. The molecule has 0 aliphatic carbocycles. The van der Waals surface area contributed by atoms with Crippen molar-refractivity contribution < 1.29 is 23.1 Å². The van der Waals surface area contributed by atoms with Crippen LogP contribution >= 0.6 is 0 Å². The minimum atomic E-state index is -2.05. The summed E-state index contributed by atoms with van der Waals surface area (Å²) in [6.45, 7) is 1.56. The number of rotatable bonds is 4. The van der Waals surface area contributed by atoms with E-state index in [1.54, 1.807) is 31.2 Å². The second-order valence-corrected chi connectivity index (χ2v) is 4.74. The van der Waals surface area contributed by atoms with E-state index in [2.05, 4.69) is 8.71 Å². The maximum Gasteiger partial charge on any atom is 0.159 e. The molecule has 0 radical (unpaired) electrons. The van der Waals surface area contributed by atoms with Crippen molar-refractivity contribution >= 4 is 16.7 Å². The Bertz CT molecular complexity index is 664. The molecule has 0 unspecified atom stereocenters. The van der Waals surface area contributed by atoms with Crippen molar-refractivity contribution in [1.82, 2.24) is 0 Å². The van der Waals surface area contributed by atoms with Crippen molar-refractivity contribution in [3.8, 4) is 11.5 Å². The third-order valence-electron chi connectivity index (χ3n) is 2.47. The van der Waals surface area contributed by atoms with Crippen LogP contribution in [0, 0.1) is 0 Å². The smallest absolute Gasteiger partial charge is 0.159 e. The van der Waals surface area contributed by atoms with Crippen molar-refractivity contribution in [3.05, 3.63) is 60.2 Å². The van der Waals surface area contributed by atoms with Gasteiger partial charge in [-0.15, -0.1) is 0 Å². The zero-order valence-corrected chi connectivity index (χ0v) is 12.9. The number of benzene rings is 2. The van der Waals surface area contributed by atoms with Gasteiger partial charge in [-0.1, -0.05) is 30.3 Å². The zero-order chi connectivity index (χ0) is 16.4. The summed E-state index contributed by atoms with van der Waals surface area (Å²) < 4.78 is 22.6. The van der Waals surface area contributed by atoms with Gasteiger partial charge in [0.15, 0.2) is 5.78 Å².